The molecule has 3 aromatic heterocycles. The van der Waals surface area contributed by atoms with Crippen molar-refractivity contribution in [2.75, 3.05) is 0 Å². The number of hydrogen-bond donors (Lipinski definition) is 0. The number of rotatable bonds is 3. The van der Waals surface area contributed by atoms with Crippen LogP contribution >= 0.6 is 11.3 Å². The second-order valence-corrected chi connectivity index (χ2v) is 13.7. The lowest BCUT2D eigenvalue weighted by Crippen LogP contribution is -1.94. The number of furan rings is 1. The lowest BCUT2D eigenvalue weighted by Gasteiger charge is -2.11. The lowest BCUT2D eigenvalue weighted by atomic mass is 9.94. The van der Waals surface area contributed by atoms with Gasteiger partial charge in [-0.3, -0.25) is 0 Å². The summed E-state index contributed by atoms with van der Waals surface area (Å²) < 4.78 is 11.3. The number of hydrogen-bond acceptors (Lipinski definition) is 2. The van der Waals surface area contributed by atoms with Gasteiger partial charge in [-0.1, -0.05) is 102 Å². The molecule has 10 rings (SSSR count). The Morgan fingerprint density at radius 3 is 1.94 bits per heavy atom. The molecule has 0 bridgehead atoms. The van der Waals surface area contributed by atoms with Crippen LogP contribution in [0.15, 0.2) is 144 Å². The monoisotopic (exact) mass is 619 g/mol. The van der Waals surface area contributed by atoms with Crippen molar-refractivity contribution in [3.8, 4) is 27.9 Å². The van der Waals surface area contributed by atoms with Gasteiger partial charge in [0.05, 0.1) is 21.4 Å². The van der Waals surface area contributed by atoms with Gasteiger partial charge in [-0.25, -0.2) is 0 Å². The van der Waals surface area contributed by atoms with E-state index in [1.165, 1.54) is 81.0 Å². The minimum atomic E-state index is 0.918. The van der Waals surface area contributed by atoms with E-state index < -0.39 is 0 Å². The van der Waals surface area contributed by atoms with E-state index in [1.54, 1.807) is 0 Å². The van der Waals surface area contributed by atoms with E-state index in [2.05, 4.69) is 146 Å². The van der Waals surface area contributed by atoms with Crippen molar-refractivity contribution < 1.29 is 4.42 Å². The van der Waals surface area contributed by atoms with Gasteiger partial charge in [0, 0.05) is 37.0 Å². The van der Waals surface area contributed by atoms with Crippen LogP contribution in [0.4, 0.5) is 0 Å². The van der Waals surface area contributed by atoms with Crippen molar-refractivity contribution in [3.05, 3.63) is 151 Å². The Balaban J connectivity index is 1.32. The van der Waals surface area contributed by atoms with Crippen molar-refractivity contribution in [2.24, 2.45) is 0 Å². The summed E-state index contributed by atoms with van der Waals surface area (Å²) >= 11 is 1.91. The average Bonchev–Trinajstić information content (AvgIpc) is 3.77. The standard InChI is InChI=1S/C44H29NOS/c1-26-15-20-37-34(23-26)35-24-27(2)16-21-38(35)45(37)39-13-8-12-33-42-30(18-19-31(44(42)47-43(33)39)28-9-4-3-5-10-28)29-17-22-41-36(25-29)32-11-6-7-14-40(32)46-41/h3-25H,1-2H3. The van der Waals surface area contributed by atoms with Gasteiger partial charge in [-0.05, 0) is 84.6 Å². The molecule has 0 unspecified atom stereocenters. The third-order valence-corrected chi connectivity index (χ3v) is 11.0. The zero-order chi connectivity index (χ0) is 31.2. The normalized spacial score (nSPS) is 12.0. The van der Waals surface area contributed by atoms with Gasteiger partial charge < -0.3 is 8.98 Å². The van der Waals surface area contributed by atoms with Crippen molar-refractivity contribution in [2.45, 2.75) is 13.8 Å². The smallest absolute Gasteiger partial charge is 0.135 e. The van der Waals surface area contributed by atoms with Gasteiger partial charge >= 0.3 is 0 Å². The van der Waals surface area contributed by atoms with Gasteiger partial charge in [0.1, 0.15) is 11.2 Å². The molecule has 0 N–H and O–H groups in total. The first-order chi connectivity index (χ1) is 23.1. The highest BCUT2D eigenvalue weighted by Gasteiger charge is 2.21. The van der Waals surface area contributed by atoms with Crippen LogP contribution in [-0.2, 0) is 0 Å². The number of fused-ring (bicyclic) bond motifs is 9. The molecule has 47 heavy (non-hydrogen) atoms. The Hall–Kier alpha value is -5.64. The highest BCUT2D eigenvalue weighted by Crippen LogP contribution is 2.48. The fourth-order valence-corrected chi connectivity index (χ4v) is 8.92. The summed E-state index contributed by atoms with van der Waals surface area (Å²) in [6.45, 7) is 4.36. The topological polar surface area (TPSA) is 18.1 Å². The maximum Gasteiger partial charge on any atom is 0.135 e. The molecule has 0 spiro atoms. The summed E-state index contributed by atoms with van der Waals surface area (Å²) in [5.41, 5.74) is 13.0. The van der Waals surface area contributed by atoms with E-state index in [-0.39, 0.29) is 0 Å². The van der Waals surface area contributed by atoms with Gasteiger partial charge in [0.15, 0.2) is 0 Å². The number of thiophene rings is 1. The second-order valence-electron chi connectivity index (χ2n) is 12.7. The predicted molar refractivity (Wildman–Crippen MR) is 201 cm³/mol. The zero-order valence-corrected chi connectivity index (χ0v) is 26.9. The summed E-state index contributed by atoms with van der Waals surface area (Å²) in [7, 11) is 0. The predicted octanol–water partition coefficient (Wildman–Crippen LogP) is 13.0. The highest BCUT2D eigenvalue weighted by molar-refractivity contribution is 7.27. The van der Waals surface area contributed by atoms with E-state index in [1.807, 2.05) is 23.5 Å². The third kappa shape index (κ3) is 3.90. The first-order valence-corrected chi connectivity index (χ1v) is 16.9. The van der Waals surface area contributed by atoms with E-state index >= 15 is 0 Å². The molecular formula is C44H29NOS. The average molecular weight is 620 g/mol. The molecule has 7 aromatic carbocycles. The molecular weight excluding hydrogens is 591 g/mol. The van der Waals surface area contributed by atoms with Crippen LogP contribution in [0.2, 0.25) is 0 Å². The Morgan fingerprint density at radius 1 is 0.468 bits per heavy atom. The molecule has 0 atom stereocenters. The molecule has 2 nitrogen and oxygen atoms in total. The molecule has 0 aliphatic heterocycles. The van der Waals surface area contributed by atoms with Crippen LogP contribution in [0.1, 0.15) is 11.1 Å². The molecule has 0 saturated heterocycles. The maximum atomic E-state index is 6.20. The Labute approximate surface area is 275 Å². The molecule has 222 valence electrons. The largest absolute Gasteiger partial charge is 0.456 e. The SMILES string of the molecule is Cc1ccc2c(c1)c1cc(C)ccc1n2-c1cccc2c1sc1c(-c3ccccc3)ccc(-c3ccc4oc5ccccc5c4c3)c12. The van der Waals surface area contributed by atoms with Crippen LogP contribution in [0, 0.1) is 13.8 Å². The fourth-order valence-electron chi connectivity index (χ4n) is 7.55. The quantitative estimate of drug-likeness (QED) is 0.192. The van der Waals surface area contributed by atoms with Crippen molar-refractivity contribution in [3.63, 3.8) is 0 Å². The summed E-state index contributed by atoms with van der Waals surface area (Å²) in [6.07, 6.45) is 0. The van der Waals surface area contributed by atoms with Crippen LogP contribution in [0.3, 0.4) is 0 Å². The molecule has 0 aliphatic carbocycles. The molecule has 0 aliphatic rings. The van der Waals surface area contributed by atoms with E-state index in [0.29, 0.717) is 0 Å². The van der Waals surface area contributed by atoms with E-state index in [4.69, 9.17) is 4.42 Å². The Bertz CT molecular complexity index is 2810. The fraction of sp³-hybridized carbons (Fsp3) is 0.0455. The number of nitrogens with zero attached hydrogens (tertiary/aromatic N) is 1. The van der Waals surface area contributed by atoms with Crippen molar-refractivity contribution in [1.82, 2.24) is 4.57 Å². The number of aromatic nitrogens is 1. The van der Waals surface area contributed by atoms with Gasteiger partial charge in [-0.2, -0.15) is 0 Å². The van der Waals surface area contributed by atoms with Crippen LogP contribution < -0.4 is 0 Å². The summed E-state index contributed by atoms with van der Waals surface area (Å²) in [5, 5.41) is 7.47. The van der Waals surface area contributed by atoms with E-state index in [0.717, 1.165) is 21.9 Å². The first-order valence-electron chi connectivity index (χ1n) is 16.1. The van der Waals surface area contributed by atoms with Crippen LogP contribution in [-0.4, -0.2) is 4.57 Å². The summed E-state index contributed by atoms with van der Waals surface area (Å²) in [5.74, 6) is 0. The minimum absolute atomic E-state index is 0.918. The van der Waals surface area contributed by atoms with E-state index in [9.17, 15) is 0 Å². The van der Waals surface area contributed by atoms with Crippen molar-refractivity contribution in [1.29, 1.82) is 0 Å². The summed E-state index contributed by atoms with van der Waals surface area (Å²) in [6, 6.07) is 51.0. The first kappa shape index (κ1) is 26.6. The lowest BCUT2D eigenvalue weighted by molar-refractivity contribution is 0.669. The second kappa shape index (κ2) is 9.93. The van der Waals surface area contributed by atoms with Crippen LogP contribution in [0.5, 0.6) is 0 Å². The maximum absolute atomic E-state index is 6.20. The molecule has 10 aromatic rings. The highest BCUT2D eigenvalue weighted by atomic mass is 32.1. The number of para-hydroxylation sites is 1. The van der Waals surface area contributed by atoms with Gasteiger partial charge in [0.25, 0.3) is 0 Å². The Kier molecular flexibility index (Phi) is 5.61. The zero-order valence-electron chi connectivity index (χ0n) is 26.0. The molecule has 3 heteroatoms. The molecule has 0 radical (unpaired) electrons. The number of benzene rings is 7. The molecule has 0 saturated carbocycles. The molecule has 0 amide bonds. The third-order valence-electron chi connectivity index (χ3n) is 9.71. The van der Waals surface area contributed by atoms with Crippen LogP contribution in [0.25, 0.3) is 91.9 Å². The molecule has 0 fully saturated rings. The number of aryl methyl sites for hydroxylation is 2. The van der Waals surface area contributed by atoms with Gasteiger partial charge in [0.2, 0.25) is 0 Å². The van der Waals surface area contributed by atoms with Crippen molar-refractivity contribution >= 4 is 75.3 Å². The van der Waals surface area contributed by atoms with Gasteiger partial charge in [-0.15, -0.1) is 11.3 Å². The summed E-state index contributed by atoms with van der Waals surface area (Å²) in [4.78, 5) is 0. The molecule has 3 heterocycles. The minimum Gasteiger partial charge on any atom is -0.456 e. The Morgan fingerprint density at radius 2 is 1.15 bits per heavy atom.